The van der Waals surface area contributed by atoms with E-state index in [1.165, 1.54) is 4.35 Å². The first kappa shape index (κ1) is 14.2. The Balaban J connectivity index is 1.77. The van der Waals surface area contributed by atoms with Gasteiger partial charge in [-0.05, 0) is 0 Å². The summed E-state index contributed by atoms with van der Waals surface area (Å²) < 4.78 is 16.5. The molecule has 1 unspecified atom stereocenters. The zero-order valence-electron chi connectivity index (χ0n) is 11.2. The van der Waals surface area contributed by atoms with Gasteiger partial charge in [-0.1, -0.05) is 0 Å². The van der Waals surface area contributed by atoms with E-state index < -0.39 is 0 Å². The zero-order chi connectivity index (χ0) is 14.7. The first-order valence-corrected chi connectivity index (χ1v) is 8.48. The third kappa shape index (κ3) is 3.31. The van der Waals surface area contributed by atoms with Crippen LogP contribution in [-0.4, -0.2) is 39.1 Å². The molecule has 1 atom stereocenters. The van der Waals surface area contributed by atoms with E-state index in [-0.39, 0.29) is 27.7 Å². The van der Waals surface area contributed by atoms with E-state index in [0.29, 0.717) is 24.2 Å². The summed E-state index contributed by atoms with van der Waals surface area (Å²) in [4.78, 5) is 9.13. The van der Waals surface area contributed by atoms with Crippen LogP contribution in [0.5, 0.6) is 0 Å². The third-order valence-corrected chi connectivity index (χ3v) is 5.47. The van der Waals surface area contributed by atoms with Crippen molar-refractivity contribution in [1.82, 2.24) is 4.98 Å². The molecule has 1 aromatic carbocycles. The molecule has 21 heavy (non-hydrogen) atoms. The van der Waals surface area contributed by atoms with Gasteiger partial charge in [0, 0.05) is 0 Å². The van der Waals surface area contributed by atoms with Gasteiger partial charge in [0.05, 0.1) is 0 Å². The second-order valence-corrected chi connectivity index (χ2v) is 7.32. The van der Waals surface area contributed by atoms with Crippen LogP contribution in [0.2, 0.25) is 0 Å². The molecule has 6 heteroatoms. The van der Waals surface area contributed by atoms with Gasteiger partial charge in [0.2, 0.25) is 0 Å². The summed E-state index contributed by atoms with van der Waals surface area (Å²) in [6, 6.07) is 9.26. The molecule has 0 saturated heterocycles. The van der Waals surface area contributed by atoms with Gasteiger partial charge in [0.25, 0.3) is 0 Å². The topological polar surface area (TPSA) is 60.5 Å². The van der Waals surface area contributed by atoms with Crippen molar-refractivity contribution < 1.29 is 9.23 Å². The molecule has 2 aromatic rings. The molecule has 4 nitrogen and oxygen atoms in total. The fourth-order valence-electron chi connectivity index (χ4n) is 2.09. The minimum absolute atomic E-state index is 0.137. The maximum atomic E-state index is 14.3. The molecule has 0 fully saturated rings. The molecule has 107 valence electrons. The van der Waals surface area contributed by atoms with Crippen molar-refractivity contribution in [3.05, 3.63) is 54.1 Å². The number of rotatable bonds is 4. The van der Waals surface area contributed by atoms with Crippen LogP contribution in [0.25, 0.3) is 0 Å². The van der Waals surface area contributed by atoms with Gasteiger partial charge in [-0.3, -0.25) is 0 Å². The second-order valence-electron chi connectivity index (χ2n) is 4.69. The van der Waals surface area contributed by atoms with Crippen molar-refractivity contribution >= 4 is 30.2 Å². The Labute approximate surface area is 128 Å². The molecule has 1 aromatic heterocycles. The molecule has 0 aliphatic carbocycles. The summed E-state index contributed by atoms with van der Waals surface area (Å²) in [5.41, 5.74) is 6.67. The summed E-state index contributed by atoms with van der Waals surface area (Å²) in [5.74, 6) is -0.253. The summed E-state index contributed by atoms with van der Waals surface area (Å²) in [6.07, 6.45) is 3.94. The van der Waals surface area contributed by atoms with E-state index in [2.05, 4.69) is 10.1 Å². The van der Waals surface area contributed by atoms with Crippen LogP contribution >= 0.6 is 0 Å². The first-order valence-electron chi connectivity index (χ1n) is 6.60. The number of nitrogens with two attached hydrogens (primary N) is 1. The summed E-state index contributed by atoms with van der Waals surface area (Å²) in [7, 11) is 0. The third-order valence-electron chi connectivity index (χ3n) is 3.18. The second kappa shape index (κ2) is 6.37. The van der Waals surface area contributed by atoms with Crippen LogP contribution in [0.1, 0.15) is 12.0 Å². The van der Waals surface area contributed by atoms with Crippen molar-refractivity contribution in [1.29, 1.82) is 0 Å². The summed E-state index contributed by atoms with van der Waals surface area (Å²) in [6.45, 7) is 0.388. The Morgan fingerprint density at radius 3 is 2.71 bits per heavy atom. The van der Waals surface area contributed by atoms with Crippen molar-refractivity contribution in [2.75, 3.05) is 6.54 Å². The predicted molar refractivity (Wildman–Crippen MR) is 80.7 cm³/mol. The normalized spacial score (nSPS) is 18.0. The molecule has 0 amide bonds. The Kier molecular flexibility index (Phi) is 4.32. The number of hydrogen-bond donors (Lipinski definition) is 1. The minimum atomic E-state index is -0.253. The van der Waals surface area contributed by atoms with Gasteiger partial charge in [-0.25, -0.2) is 0 Å². The van der Waals surface area contributed by atoms with Crippen LogP contribution in [-0.2, 0) is 4.84 Å². The van der Waals surface area contributed by atoms with Crippen LogP contribution in [0, 0.1) is 5.82 Å². The van der Waals surface area contributed by atoms with Crippen molar-refractivity contribution in [2.45, 2.75) is 12.5 Å². The Morgan fingerprint density at radius 2 is 2.05 bits per heavy atom. The number of aromatic nitrogens is 1. The van der Waals surface area contributed by atoms with Gasteiger partial charge < -0.3 is 0 Å². The number of hydrogen-bond acceptors (Lipinski definition) is 4. The average Bonchev–Trinajstić information content (AvgIpc) is 2.97. The SMILES string of the molecule is NCC1CC(c2ccc([As]c3ccncc3)cc2F)=NO1. The molecule has 3 rings (SSSR count). The fourth-order valence-corrected chi connectivity index (χ4v) is 3.99. The molecule has 0 bridgehead atoms. The van der Waals surface area contributed by atoms with Gasteiger partial charge in [-0.2, -0.15) is 0 Å². The van der Waals surface area contributed by atoms with Crippen molar-refractivity contribution in [2.24, 2.45) is 10.9 Å². The van der Waals surface area contributed by atoms with Gasteiger partial charge in [0.15, 0.2) is 0 Å². The van der Waals surface area contributed by atoms with Crippen LogP contribution < -0.4 is 14.4 Å². The van der Waals surface area contributed by atoms with Crippen LogP contribution in [0.15, 0.2) is 47.9 Å². The Morgan fingerprint density at radius 1 is 1.24 bits per heavy atom. The average molecular weight is 346 g/mol. The number of benzene rings is 1. The number of nitrogens with zero attached hydrogens (tertiary/aromatic N) is 2. The van der Waals surface area contributed by atoms with E-state index in [0.717, 1.165) is 4.35 Å². The van der Waals surface area contributed by atoms with Crippen molar-refractivity contribution in [3.63, 3.8) is 0 Å². The predicted octanol–water partition coefficient (Wildman–Crippen LogP) is 0.327. The van der Waals surface area contributed by atoms with E-state index in [4.69, 9.17) is 10.6 Å². The standard InChI is InChI=1S/C15H14AsFN3O/c17-14-7-11(16-10-3-5-19-6-4-10)1-2-13(14)15-8-12(9-18)21-20-15/h1-7,12H,8-9,18H2. The molecule has 1 aliphatic heterocycles. The number of halogens is 1. The molecular weight excluding hydrogens is 332 g/mol. The molecule has 0 spiro atoms. The monoisotopic (exact) mass is 346 g/mol. The Hall–Kier alpha value is -1.71. The quantitative estimate of drug-likeness (QED) is 0.812. The number of pyridine rings is 1. The van der Waals surface area contributed by atoms with Crippen LogP contribution in [0.4, 0.5) is 4.39 Å². The molecule has 1 aliphatic rings. The zero-order valence-corrected chi connectivity index (χ0v) is 13.1. The van der Waals surface area contributed by atoms with E-state index in [1.807, 2.05) is 18.2 Å². The Bertz CT molecular complexity index is 663. The number of oxime groups is 1. The molecule has 2 N–H and O–H groups in total. The van der Waals surface area contributed by atoms with Gasteiger partial charge in [-0.15, -0.1) is 0 Å². The molecular formula is C15H14AsFN3O. The van der Waals surface area contributed by atoms with E-state index >= 15 is 0 Å². The maximum absolute atomic E-state index is 14.3. The van der Waals surface area contributed by atoms with E-state index in [1.54, 1.807) is 24.5 Å². The van der Waals surface area contributed by atoms with Crippen LogP contribution in [0.3, 0.4) is 0 Å². The fraction of sp³-hybridized carbons (Fsp3) is 0.200. The summed E-state index contributed by atoms with van der Waals surface area (Å²) in [5, 5.41) is 3.93. The molecule has 1 radical (unpaired) electrons. The summed E-state index contributed by atoms with van der Waals surface area (Å²) >= 11 is -0.239. The van der Waals surface area contributed by atoms with E-state index in [9.17, 15) is 4.39 Å². The molecule has 0 saturated carbocycles. The van der Waals surface area contributed by atoms with Crippen molar-refractivity contribution in [3.8, 4) is 0 Å². The molecule has 2 heterocycles. The van der Waals surface area contributed by atoms with Gasteiger partial charge in [0.1, 0.15) is 0 Å². The first-order chi connectivity index (χ1) is 10.3. The van der Waals surface area contributed by atoms with Gasteiger partial charge >= 0.3 is 128 Å².